The van der Waals surface area contributed by atoms with Gasteiger partial charge < -0.3 is 15.0 Å². The lowest BCUT2D eigenvalue weighted by atomic mass is 9.89. The van der Waals surface area contributed by atoms with Crippen LogP contribution in [0.5, 0.6) is 0 Å². The van der Waals surface area contributed by atoms with Crippen LogP contribution in [0.25, 0.3) is 0 Å². The Morgan fingerprint density at radius 1 is 1.35 bits per heavy atom. The van der Waals surface area contributed by atoms with Gasteiger partial charge in [0.15, 0.2) is 0 Å². The summed E-state index contributed by atoms with van der Waals surface area (Å²) in [7, 11) is 0. The zero-order valence-electron chi connectivity index (χ0n) is 10.9. The van der Waals surface area contributed by atoms with Gasteiger partial charge in [-0.25, -0.2) is 0 Å². The molecule has 2 fully saturated rings. The molecule has 2 aliphatic rings. The second-order valence-electron chi connectivity index (χ2n) is 5.07. The second-order valence-corrected chi connectivity index (χ2v) is 5.07. The van der Waals surface area contributed by atoms with Gasteiger partial charge in [0.25, 0.3) is 0 Å². The van der Waals surface area contributed by atoms with Crippen LogP contribution in [0.2, 0.25) is 0 Å². The van der Waals surface area contributed by atoms with Crippen LogP contribution in [-0.4, -0.2) is 49.2 Å². The van der Waals surface area contributed by atoms with Crippen molar-refractivity contribution in [2.24, 2.45) is 5.92 Å². The molecule has 2 aliphatic heterocycles. The largest absolute Gasteiger partial charge is 0.375 e. The van der Waals surface area contributed by atoms with Gasteiger partial charge in [0.1, 0.15) is 0 Å². The van der Waals surface area contributed by atoms with E-state index in [1.54, 1.807) is 0 Å². The Kier molecular flexibility index (Phi) is 4.40. The van der Waals surface area contributed by atoms with Gasteiger partial charge in [0, 0.05) is 25.6 Å². The fraction of sp³-hybridized carbons (Fsp3) is 0.923. The third-order valence-corrected chi connectivity index (χ3v) is 4.03. The van der Waals surface area contributed by atoms with Crippen molar-refractivity contribution >= 4 is 5.91 Å². The number of ether oxygens (including phenoxy) is 1. The molecule has 2 saturated heterocycles. The van der Waals surface area contributed by atoms with Crippen LogP contribution in [0.3, 0.4) is 0 Å². The molecule has 1 amide bonds. The summed E-state index contributed by atoms with van der Waals surface area (Å²) >= 11 is 0. The molecule has 0 saturated carbocycles. The summed E-state index contributed by atoms with van der Waals surface area (Å²) in [5, 5.41) is 3.29. The molecule has 0 spiro atoms. The molecule has 3 atom stereocenters. The highest BCUT2D eigenvalue weighted by Gasteiger charge is 2.40. The quantitative estimate of drug-likeness (QED) is 0.753. The number of carbonyl (C=O) groups excluding carboxylic acids is 1. The van der Waals surface area contributed by atoms with Crippen LogP contribution in [-0.2, 0) is 9.53 Å². The van der Waals surface area contributed by atoms with Crippen LogP contribution < -0.4 is 5.32 Å². The van der Waals surface area contributed by atoms with Crippen molar-refractivity contribution in [1.29, 1.82) is 0 Å². The van der Waals surface area contributed by atoms with Gasteiger partial charge in [-0.3, -0.25) is 4.79 Å². The number of amides is 1. The molecule has 17 heavy (non-hydrogen) atoms. The van der Waals surface area contributed by atoms with Gasteiger partial charge in [0.05, 0.1) is 18.8 Å². The summed E-state index contributed by atoms with van der Waals surface area (Å²) in [5.74, 6) is 0.831. The number of nitrogens with zero attached hydrogens (tertiary/aromatic N) is 1. The minimum atomic E-state index is 0.207. The van der Waals surface area contributed by atoms with Crippen molar-refractivity contribution < 1.29 is 9.53 Å². The highest BCUT2D eigenvalue weighted by molar-refractivity contribution is 5.78. The van der Waals surface area contributed by atoms with Gasteiger partial charge in [-0.2, -0.15) is 0 Å². The average Bonchev–Trinajstić information content (AvgIpc) is 2.92. The zero-order chi connectivity index (χ0) is 12.3. The number of likely N-dealkylation sites (N-methyl/N-ethyl adjacent to an activating group) is 1. The van der Waals surface area contributed by atoms with Crippen LogP contribution in [0.4, 0.5) is 0 Å². The number of nitrogens with one attached hydrogen (secondary N) is 1. The summed E-state index contributed by atoms with van der Waals surface area (Å²) in [5.41, 5.74) is 0. The maximum absolute atomic E-state index is 11.8. The summed E-state index contributed by atoms with van der Waals surface area (Å²) < 4.78 is 5.80. The number of rotatable bonds is 6. The lowest BCUT2D eigenvalue weighted by Crippen LogP contribution is -2.40. The molecule has 0 aromatic carbocycles. The van der Waals surface area contributed by atoms with E-state index in [0.717, 1.165) is 19.6 Å². The molecule has 4 nitrogen and oxygen atoms in total. The highest BCUT2D eigenvalue weighted by atomic mass is 16.5. The first-order valence-electron chi connectivity index (χ1n) is 6.88. The highest BCUT2D eigenvalue weighted by Crippen LogP contribution is 2.38. The van der Waals surface area contributed by atoms with Crippen molar-refractivity contribution in [3.05, 3.63) is 0 Å². The second kappa shape index (κ2) is 5.83. The van der Waals surface area contributed by atoms with Crippen molar-refractivity contribution in [3.8, 4) is 0 Å². The lowest BCUT2D eigenvalue weighted by molar-refractivity contribution is -0.129. The molecule has 2 rings (SSSR count). The van der Waals surface area contributed by atoms with Crippen molar-refractivity contribution in [2.45, 2.75) is 45.3 Å². The Labute approximate surface area is 104 Å². The Hall–Kier alpha value is -0.610. The Morgan fingerprint density at radius 3 is 2.65 bits per heavy atom. The fourth-order valence-electron chi connectivity index (χ4n) is 3.01. The monoisotopic (exact) mass is 240 g/mol. The molecular formula is C13H24N2O2. The molecule has 2 bridgehead atoms. The number of hydrogen-bond donors (Lipinski definition) is 1. The molecule has 0 aromatic rings. The van der Waals surface area contributed by atoms with E-state index in [2.05, 4.69) is 5.32 Å². The molecule has 2 heterocycles. The molecule has 4 heteroatoms. The SMILES string of the molecule is CCN(CC)C(=O)CNCC1CC2CCC1O2. The van der Waals surface area contributed by atoms with Crippen molar-refractivity contribution in [2.75, 3.05) is 26.2 Å². The first-order valence-corrected chi connectivity index (χ1v) is 6.88. The fourth-order valence-corrected chi connectivity index (χ4v) is 3.01. The summed E-state index contributed by atoms with van der Waals surface area (Å²) in [6.07, 6.45) is 4.58. The van der Waals surface area contributed by atoms with E-state index in [-0.39, 0.29) is 5.91 Å². The third kappa shape index (κ3) is 2.99. The van der Waals surface area contributed by atoms with Crippen LogP contribution in [0.1, 0.15) is 33.1 Å². The maximum Gasteiger partial charge on any atom is 0.236 e. The molecule has 0 radical (unpaired) electrons. The van der Waals surface area contributed by atoms with E-state index in [1.807, 2.05) is 18.7 Å². The standard InChI is InChI=1S/C13H24N2O2/c1-3-15(4-2)13(16)9-14-8-10-7-11-5-6-12(10)17-11/h10-12,14H,3-9H2,1-2H3. The minimum Gasteiger partial charge on any atom is -0.375 e. The van der Waals surface area contributed by atoms with Gasteiger partial charge in [-0.1, -0.05) is 0 Å². The number of fused-ring (bicyclic) bond motifs is 2. The summed E-state index contributed by atoms with van der Waals surface area (Å²) in [6.45, 7) is 7.03. The van der Waals surface area contributed by atoms with E-state index in [9.17, 15) is 4.79 Å². The molecular weight excluding hydrogens is 216 g/mol. The molecule has 3 unspecified atom stereocenters. The Balaban J connectivity index is 1.64. The normalized spacial score (nSPS) is 30.8. The van der Waals surface area contributed by atoms with Gasteiger partial charge in [0.2, 0.25) is 5.91 Å². The van der Waals surface area contributed by atoms with Crippen LogP contribution in [0.15, 0.2) is 0 Å². The van der Waals surface area contributed by atoms with E-state index < -0.39 is 0 Å². The zero-order valence-corrected chi connectivity index (χ0v) is 10.9. The van der Waals surface area contributed by atoms with Crippen molar-refractivity contribution in [3.63, 3.8) is 0 Å². The molecule has 1 N–H and O–H groups in total. The van der Waals surface area contributed by atoms with E-state index >= 15 is 0 Å². The molecule has 98 valence electrons. The third-order valence-electron chi connectivity index (χ3n) is 4.03. The first-order chi connectivity index (χ1) is 8.24. The number of hydrogen-bond acceptors (Lipinski definition) is 3. The topological polar surface area (TPSA) is 41.6 Å². The Bertz CT molecular complexity index is 266. The Morgan fingerprint density at radius 2 is 2.12 bits per heavy atom. The average molecular weight is 240 g/mol. The van der Waals surface area contributed by atoms with Crippen LogP contribution >= 0.6 is 0 Å². The lowest BCUT2D eigenvalue weighted by Gasteiger charge is -2.21. The van der Waals surface area contributed by atoms with Gasteiger partial charge in [-0.15, -0.1) is 0 Å². The van der Waals surface area contributed by atoms with E-state index in [4.69, 9.17) is 4.74 Å². The molecule has 0 aliphatic carbocycles. The minimum absolute atomic E-state index is 0.207. The first kappa shape index (κ1) is 12.8. The predicted molar refractivity (Wildman–Crippen MR) is 66.8 cm³/mol. The summed E-state index contributed by atoms with van der Waals surface area (Å²) in [4.78, 5) is 13.6. The van der Waals surface area contributed by atoms with Crippen molar-refractivity contribution in [1.82, 2.24) is 10.2 Å². The van der Waals surface area contributed by atoms with E-state index in [1.165, 1.54) is 19.3 Å². The number of carbonyl (C=O) groups is 1. The van der Waals surface area contributed by atoms with Gasteiger partial charge in [-0.05, 0) is 33.1 Å². The van der Waals surface area contributed by atoms with Gasteiger partial charge >= 0.3 is 0 Å². The summed E-state index contributed by atoms with van der Waals surface area (Å²) in [6, 6.07) is 0. The van der Waals surface area contributed by atoms with E-state index in [0.29, 0.717) is 24.7 Å². The smallest absolute Gasteiger partial charge is 0.236 e. The molecule has 0 aromatic heterocycles. The predicted octanol–water partition coefficient (Wildman–Crippen LogP) is 1.01. The van der Waals surface area contributed by atoms with Crippen LogP contribution in [0, 0.1) is 5.92 Å². The maximum atomic E-state index is 11.8.